The van der Waals surface area contributed by atoms with E-state index in [0.717, 1.165) is 18.4 Å². The number of carbonyl (C=O) groups is 3. The van der Waals surface area contributed by atoms with E-state index in [2.05, 4.69) is 10.6 Å². The van der Waals surface area contributed by atoms with Crippen LogP contribution >= 0.6 is 11.8 Å². The molecule has 0 radical (unpaired) electrons. The summed E-state index contributed by atoms with van der Waals surface area (Å²) in [4.78, 5) is 42.6. The molecule has 0 saturated carbocycles. The zero-order valence-electron chi connectivity index (χ0n) is 19.6. The van der Waals surface area contributed by atoms with Crippen molar-refractivity contribution in [2.24, 2.45) is 11.8 Å². The number of thioether (sulfide) groups is 1. The monoisotopic (exact) mass is 493 g/mol. The van der Waals surface area contributed by atoms with E-state index in [1.807, 2.05) is 60.7 Å². The second-order valence-corrected chi connectivity index (χ2v) is 11.2. The molecule has 8 heteroatoms. The Labute approximate surface area is 209 Å². The largest absolute Gasteiger partial charge is 0.396 e. The van der Waals surface area contributed by atoms with Crippen molar-refractivity contribution in [1.29, 1.82) is 0 Å². The molecule has 3 aliphatic rings. The molecular weight excluding hydrogens is 462 g/mol. The summed E-state index contributed by atoms with van der Waals surface area (Å²) in [6.45, 7) is 0.835. The van der Waals surface area contributed by atoms with Gasteiger partial charge in [0.25, 0.3) is 0 Å². The number of likely N-dealkylation sites (tertiary alicyclic amines) is 1. The maximum atomic E-state index is 13.8. The van der Waals surface area contributed by atoms with Crippen molar-refractivity contribution in [2.45, 2.75) is 48.3 Å². The highest BCUT2D eigenvalue weighted by atomic mass is 32.2. The number of aliphatic hydroxyl groups excluding tert-OH is 1. The molecule has 3 fully saturated rings. The van der Waals surface area contributed by atoms with Gasteiger partial charge in [0.2, 0.25) is 17.7 Å². The van der Waals surface area contributed by atoms with E-state index in [9.17, 15) is 19.5 Å². The molecule has 2 aromatic carbocycles. The van der Waals surface area contributed by atoms with Gasteiger partial charge in [-0.3, -0.25) is 14.4 Å². The number of hydrogen-bond donors (Lipinski definition) is 3. The van der Waals surface area contributed by atoms with Gasteiger partial charge < -0.3 is 20.6 Å². The van der Waals surface area contributed by atoms with Gasteiger partial charge in [-0.2, -0.15) is 0 Å². The van der Waals surface area contributed by atoms with Crippen LogP contribution in [0.1, 0.15) is 31.2 Å². The number of para-hydroxylation sites is 1. The van der Waals surface area contributed by atoms with Crippen LogP contribution in [0, 0.1) is 11.8 Å². The minimum atomic E-state index is -0.619. The van der Waals surface area contributed by atoms with E-state index in [-0.39, 0.29) is 29.6 Å². The van der Waals surface area contributed by atoms with Crippen LogP contribution in [0.15, 0.2) is 60.7 Å². The molecular formula is C27H31N3O4S. The van der Waals surface area contributed by atoms with Crippen LogP contribution in [0.3, 0.4) is 0 Å². The maximum Gasteiger partial charge on any atom is 0.244 e. The van der Waals surface area contributed by atoms with Gasteiger partial charge in [0, 0.05) is 30.6 Å². The van der Waals surface area contributed by atoms with Crippen molar-refractivity contribution in [3.63, 3.8) is 0 Å². The van der Waals surface area contributed by atoms with Crippen molar-refractivity contribution >= 4 is 35.2 Å². The van der Waals surface area contributed by atoms with E-state index in [0.29, 0.717) is 31.6 Å². The summed E-state index contributed by atoms with van der Waals surface area (Å²) >= 11 is 1.67. The summed E-state index contributed by atoms with van der Waals surface area (Å²) in [6.07, 6.45) is 2.73. The minimum absolute atomic E-state index is 0.0247. The predicted octanol–water partition coefficient (Wildman–Crippen LogP) is 2.81. The third-order valence-corrected chi connectivity index (χ3v) is 9.46. The van der Waals surface area contributed by atoms with Gasteiger partial charge in [0.15, 0.2) is 0 Å². The molecule has 3 heterocycles. The minimum Gasteiger partial charge on any atom is -0.396 e. The second-order valence-electron chi connectivity index (χ2n) is 9.58. The third kappa shape index (κ3) is 4.34. The van der Waals surface area contributed by atoms with E-state index < -0.39 is 22.6 Å². The molecule has 2 unspecified atom stereocenters. The van der Waals surface area contributed by atoms with Crippen LogP contribution in [-0.4, -0.2) is 56.9 Å². The van der Waals surface area contributed by atoms with E-state index in [4.69, 9.17) is 0 Å². The number of unbranched alkanes of at least 4 members (excludes halogenated alkanes) is 1. The quantitative estimate of drug-likeness (QED) is 0.467. The molecule has 1 spiro atoms. The summed E-state index contributed by atoms with van der Waals surface area (Å²) in [7, 11) is 0. The Kier molecular flexibility index (Phi) is 6.84. The molecule has 3 aliphatic heterocycles. The number of carbonyl (C=O) groups excluding carboxylic acids is 3. The van der Waals surface area contributed by atoms with Crippen LogP contribution in [0.2, 0.25) is 0 Å². The molecule has 5 rings (SSSR count). The molecule has 5 atom stereocenters. The zero-order valence-corrected chi connectivity index (χ0v) is 20.4. The SMILES string of the molecule is O=C(NCc1ccccc1)C1N(CCCCO)C(=O)[C@@H]2[C@@H](C(=O)Nc3ccccc3)[C@H]3CCC12S3. The first-order valence-electron chi connectivity index (χ1n) is 12.3. The number of aliphatic hydroxyl groups is 1. The predicted molar refractivity (Wildman–Crippen MR) is 136 cm³/mol. The van der Waals surface area contributed by atoms with Gasteiger partial charge in [-0.1, -0.05) is 48.5 Å². The topological polar surface area (TPSA) is 98.7 Å². The highest BCUT2D eigenvalue weighted by Crippen LogP contribution is 2.66. The molecule has 184 valence electrons. The molecule has 2 bridgehead atoms. The first kappa shape index (κ1) is 23.9. The van der Waals surface area contributed by atoms with E-state index in [1.165, 1.54) is 0 Å². The molecule has 2 aromatic rings. The number of benzene rings is 2. The molecule has 3 amide bonds. The Hall–Kier alpha value is -2.84. The lowest BCUT2D eigenvalue weighted by Gasteiger charge is -2.34. The molecule has 3 saturated heterocycles. The van der Waals surface area contributed by atoms with Crippen molar-refractivity contribution < 1.29 is 19.5 Å². The molecule has 7 nitrogen and oxygen atoms in total. The number of nitrogens with zero attached hydrogens (tertiary/aromatic N) is 1. The fraction of sp³-hybridized carbons (Fsp3) is 0.444. The number of hydrogen-bond acceptors (Lipinski definition) is 5. The van der Waals surface area contributed by atoms with Crippen molar-refractivity contribution in [1.82, 2.24) is 10.2 Å². The average Bonchev–Trinajstić information content (AvgIpc) is 3.51. The molecule has 35 heavy (non-hydrogen) atoms. The zero-order chi connectivity index (χ0) is 24.4. The van der Waals surface area contributed by atoms with Gasteiger partial charge in [-0.05, 0) is 43.4 Å². The van der Waals surface area contributed by atoms with E-state index in [1.54, 1.807) is 16.7 Å². The third-order valence-electron chi connectivity index (χ3n) is 7.51. The van der Waals surface area contributed by atoms with Gasteiger partial charge in [0.05, 0.1) is 16.6 Å². The maximum absolute atomic E-state index is 13.8. The standard InChI is InChI=1S/C27H31N3O4S/c31-16-8-7-15-30-23(25(33)28-17-18-9-3-1-4-10-18)27-14-13-20(35-27)21(22(27)26(30)34)24(32)29-19-11-5-2-6-12-19/h1-6,9-12,20-23,31H,7-8,13-17H2,(H,28,33)(H,29,32)/t20-,21+,22+,23?,27?/m1/s1. The van der Waals surface area contributed by atoms with Gasteiger partial charge >= 0.3 is 0 Å². The van der Waals surface area contributed by atoms with Crippen LogP contribution in [0.25, 0.3) is 0 Å². The van der Waals surface area contributed by atoms with Gasteiger partial charge in [-0.25, -0.2) is 0 Å². The number of rotatable bonds is 9. The first-order valence-corrected chi connectivity index (χ1v) is 13.2. The number of amides is 3. The first-order chi connectivity index (χ1) is 17.0. The van der Waals surface area contributed by atoms with Crippen molar-refractivity contribution in [3.05, 3.63) is 66.2 Å². The smallest absolute Gasteiger partial charge is 0.244 e. The summed E-state index contributed by atoms with van der Waals surface area (Å²) in [5.41, 5.74) is 1.70. The van der Waals surface area contributed by atoms with E-state index >= 15 is 0 Å². The van der Waals surface area contributed by atoms with Gasteiger partial charge in [-0.15, -0.1) is 11.8 Å². The Morgan fingerprint density at radius 1 is 1.03 bits per heavy atom. The van der Waals surface area contributed by atoms with Crippen molar-refractivity contribution in [2.75, 3.05) is 18.5 Å². The lowest BCUT2D eigenvalue weighted by molar-refractivity contribution is -0.139. The number of fused-ring (bicyclic) bond motifs is 1. The molecule has 0 aromatic heterocycles. The second kappa shape index (κ2) is 10.0. The van der Waals surface area contributed by atoms with Crippen LogP contribution in [0.4, 0.5) is 5.69 Å². The summed E-state index contributed by atoms with van der Waals surface area (Å²) in [6, 6.07) is 18.4. The van der Waals surface area contributed by atoms with Crippen LogP contribution in [0.5, 0.6) is 0 Å². The Morgan fingerprint density at radius 2 is 1.74 bits per heavy atom. The number of nitrogens with one attached hydrogen (secondary N) is 2. The molecule has 3 N–H and O–H groups in total. The highest BCUT2D eigenvalue weighted by molar-refractivity contribution is 8.02. The van der Waals surface area contributed by atoms with Crippen molar-refractivity contribution in [3.8, 4) is 0 Å². The summed E-state index contributed by atoms with van der Waals surface area (Å²) < 4.78 is -0.597. The van der Waals surface area contributed by atoms with Gasteiger partial charge in [0.1, 0.15) is 6.04 Å². The summed E-state index contributed by atoms with van der Waals surface area (Å²) in [5, 5.41) is 15.4. The fourth-order valence-electron chi connectivity index (χ4n) is 6.02. The lowest BCUT2D eigenvalue weighted by atomic mass is 9.70. The Balaban J connectivity index is 1.40. The summed E-state index contributed by atoms with van der Waals surface area (Å²) in [5.74, 6) is -1.39. The number of anilines is 1. The average molecular weight is 494 g/mol. The fourth-order valence-corrected chi connectivity index (χ4v) is 8.24. The van der Waals surface area contributed by atoms with Crippen LogP contribution in [-0.2, 0) is 20.9 Å². The molecule has 0 aliphatic carbocycles. The van der Waals surface area contributed by atoms with Crippen LogP contribution < -0.4 is 10.6 Å². The normalized spacial score (nSPS) is 28.7. The Bertz CT molecular complexity index is 1080. The Morgan fingerprint density at radius 3 is 2.46 bits per heavy atom. The lowest BCUT2D eigenvalue weighted by Crippen LogP contribution is -2.53. The highest BCUT2D eigenvalue weighted by Gasteiger charge is 2.73.